The van der Waals surface area contributed by atoms with Gasteiger partial charge in [0.25, 0.3) is 11.6 Å². The van der Waals surface area contributed by atoms with Crippen LogP contribution < -0.4 is 10.3 Å². The van der Waals surface area contributed by atoms with Gasteiger partial charge in [-0.05, 0) is 73.1 Å². The van der Waals surface area contributed by atoms with Crippen LogP contribution in [0.15, 0.2) is 53.5 Å². The highest BCUT2D eigenvalue weighted by Crippen LogP contribution is 2.51. The van der Waals surface area contributed by atoms with Gasteiger partial charge in [0, 0.05) is 10.6 Å². The van der Waals surface area contributed by atoms with Crippen LogP contribution in [-0.2, 0) is 35.9 Å². The Kier molecular flexibility index (Phi) is 11.5. The van der Waals surface area contributed by atoms with Gasteiger partial charge in [0.05, 0.1) is 48.6 Å². The summed E-state index contributed by atoms with van der Waals surface area (Å²) in [5, 5.41) is 1.32. The number of hydrogen-bond donors (Lipinski definition) is 1. The van der Waals surface area contributed by atoms with E-state index in [4.69, 9.17) is 35.5 Å². The summed E-state index contributed by atoms with van der Waals surface area (Å²) < 4.78 is 22.2. The summed E-state index contributed by atoms with van der Waals surface area (Å²) in [5.74, 6) is -0.740. The second-order valence-corrected chi connectivity index (χ2v) is 13.3. The van der Waals surface area contributed by atoms with Crippen molar-refractivity contribution in [2.24, 2.45) is 4.99 Å². The van der Waals surface area contributed by atoms with Crippen molar-refractivity contribution in [3.63, 3.8) is 0 Å². The first-order chi connectivity index (χ1) is 23.0. The average molecular weight is 719 g/mol. The first-order valence-electron chi connectivity index (χ1n) is 15.5. The van der Waals surface area contributed by atoms with E-state index in [2.05, 4.69) is 5.43 Å². The van der Waals surface area contributed by atoms with Gasteiger partial charge in [-0.3, -0.25) is 4.79 Å². The van der Waals surface area contributed by atoms with Gasteiger partial charge >= 0.3 is 24.4 Å². The van der Waals surface area contributed by atoms with Gasteiger partial charge in [0.15, 0.2) is 0 Å². The van der Waals surface area contributed by atoms with Crippen molar-refractivity contribution in [2.45, 2.75) is 92.0 Å². The first-order valence-corrected chi connectivity index (χ1v) is 16.6. The Balaban J connectivity index is 1.95. The Labute approximate surface area is 293 Å². The number of ether oxygens (including phenoxy) is 4. The number of rotatable bonds is 6. The molecule has 2 aromatic carbocycles. The molecule has 0 aliphatic carbocycles. The van der Waals surface area contributed by atoms with Crippen molar-refractivity contribution in [3.8, 4) is 0 Å². The van der Waals surface area contributed by atoms with E-state index in [9.17, 15) is 24.0 Å². The van der Waals surface area contributed by atoms with Gasteiger partial charge < -0.3 is 23.8 Å². The minimum atomic E-state index is -2.29. The van der Waals surface area contributed by atoms with E-state index in [1.165, 1.54) is 17.0 Å². The Morgan fingerprint density at radius 1 is 0.857 bits per heavy atom. The van der Waals surface area contributed by atoms with E-state index >= 15 is 0 Å². The number of carbonyl (C=O) groups is 5. The number of halogens is 1. The lowest BCUT2D eigenvalue weighted by molar-refractivity contribution is -0.134. The molecule has 2 aliphatic heterocycles. The van der Waals surface area contributed by atoms with Gasteiger partial charge in [-0.1, -0.05) is 48.0 Å². The van der Waals surface area contributed by atoms with Crippen molar-refractivity contribution in [3.05, 3.63) is 64.7 Å². The highest BCUT2D eigenvalue weighted by molar-refractivity contribution is 8.12. The minimum Gasteiger partial charge on any atom is -0.446 e. The molecule has 1 atom stereocenters. The number of hydrogen-bond acceptors (Lipinski definition) is 11. The molecule has 0 radical (unpaired) electrons. The van der Waals surface area contributed by atoms with Gasteiger partial charge in [-0.15, -0.1) is 4.41 Å². The zero-order chi connectivity index (χ0) is 36.2. The molecule has 49 heavy (non-hydrogen) atoms. The zero-order valence-corrected chi connectivity index (χ0v) is 29.9. The maximum absolute atomic E-state index is 14.8. The predicted octanol–water partition coefficient (Wildman–Crippen LogP) is 6.56. The second kappa shape index (κ2) is 15.2. The number of anilines is 1. The largest absolute Gasteiger partial charge is 0.446 e. The van der Waals surface area contributed by atoms with E-state index in [0.29, 0.717) is 32.1 Å². The van der Waals surface area contributed by atoms with Crippen molar-refractivity contribution >= 4 is 64.7 Å². The predicted molar refractivity (Wildman–Crippen MR) is 181 cm³/mol. The monoisotopic (exact) mass is 718 g/mol. The summed E-state index contributed by atoms with van der Waals surface area (Å²) >= 11 is 6.80. The lowest BCUT2D eigenvalue weighted by Crippen LogP contribution is -2.59. The number of amides is 5. The Bertz CT molecular complexity index is 1620. The molecule has 264 valence electrons. The number of fused-ring (bicyclic) bond motifs is 2. The van der Waals surface area contributed by atoms with E-state index in [1.54, 1.807) is 61.5 Å². The minimum absolute atomic E-state index is 0.0473. The second-order valence-electron chi connectivity index (χ2n) is 12.0. The number of nitrogens with one attached hydrogen (secondary N) is 1. The fourth-order valence-corrected chi connectivity index (χ4v) is 5.80. The summed E-state index contributed by atoms with van der Waals surface area (Å²) in [4.78, 5) is 74.9. The van der Waals surface area contributed by atoms with Crippen LogP contribution in [0.5, 0.6) is 0 Å². The third-order valence-electron chi connectivity index (χ3n) is 6.53. The van der Waals surface area contributed by atoms with Crippen molar-refractivity contribution < 1.29 is 42.9 Å². The quantitative estimate of drug-likeness (QED) is 0.197. The van der Waals surface area contributed by atoms with E-state index in [1.807, 2.05) is 30.3 Å². The summed E-state index contributed by atoms with van der Waals surface area (Å²) in [5.41, 5.74) is 1.22. The molecule has 1 spiro atoms. The van der Waals surface area contributed by atoms with Crippen molar-refractivity contribution in [1.29, 1.82) is 0 Å². The molecule has 0 fully saturated rings. The lowest BCUT2D eigenvalue weighted by atomic mass is 10.0. The fourth-order valence-electron chi connectivity index (χ4n) is 4.83. The smallest absolute Gasteiger partial charge is 0.440 e. The van der Waals surface area contributed by atoms with Crippen LogP contribution in [0.25, 0.3) is 0 Å². The maximum Gasteiger partial charge on any atom is 0.440 e. The number of nitrogens with zero attached hydrogens (tertiary/aromatic N) is 5. The first kappa shape index (κ1) is 37.1. The zero-order valence-electron chi connectivity index (χ0n) is 28.3. The maximum atomic E-state index is 14.8. The average Bonchev–Trinajstić information content (AvgIpc) is 3.44. The molecule has 0 bridgehead atoms. The summed E-state index contributed by atoms with van der Waals surface area (Å²) in [6.07, 6.45) is -6.96. The summed E-state index contributed by atoms with van der Waals surface area (Å²) in [7, 11) is 0. The van der Waals surface area contributed by atoms with E-state index < -0.39 is 65.5 Å². The van der Waals surface area contributed by atoms with Gasteiger partial charge in [0.1, 0.15) is 0 Å². The Hall–Kier alpha value is -4.70. The van der Waals surface area contributed by atoms with Crippen LogP contribution in [0, 0.1) is 0 Å². The van der Waals surface area contributed by atoms with Crippen LogP contribution in [-0.4, -0.2) is 74.3 Å². The van der Waals surface area contributed by atoms with Crippen molar-refractivity contribution in [2.75, 3.05) is 4.90 Å². The van der Waals surface area contributed by atoms with Gasteiger partial charge in [-0.25, -0.2) is 29.6 Å². The highest BCUT2D eigenvalue weighted by atomic mass is 35.5. The molecule has 1 N–H and O–H groups in total. The molecular formula is C32H39ClN6O9S. The summed E-state index contributed by atoms with van der Waals surface area (Å²) in [6.45, 7) is 12.8. The number of carbonyl (C=O) groups excluding carboxylic acids is 5. The molecule has 1 unspecified atom stereocenters. The number of aliphatic imine (C=N–C) groups is 1. The van der Waals surface area contributed by atoms with Gasteiger partial charge in [0.2, 0.25) is 5.17 Å². The van der Waals surface area contributed by atoms with E-state index in [-0.39, 0.29) is 12.1 Å². The molecule has 0 saturated heterocycles. The number of hydrazine groups is 2. The number of amidine groups is 1. The molecule has 4 rings (SSSR count). The molecule has 0 aromatic heterocycles. The Morgan fingerprint density at radius 3 is 2.04 bits per heavy atom. The molecular weight excluding hydrogens is 680 g/mol. The van der Waals surface area contributed by atoms with Crippen LogP contribution in [0.4, 0.5) is 24.9 Å². The molecule has 2 heterocycles. The topological polar surface area (TPSA) is 160 Å². The standard InChI is InChI=1S/C32H39ClN6O9S/c1-18(2)45-28(41)35-39(31(44)48-21(7)8)49-27-34-32(38(30(43)47-20(5)6)37(27)29(42)46-19(3)4)24-15-14-23(33)16-25(24)36(26(32)40)17-22-12-10-9-11-13-22/h9-16,18-21H,17H2,1-8H3,(H,35,41). The number of benzene rings is 2. The van der Waals surface area contributed by atoms with E-state index in [0.717, 1.165) is 10.6 Å². The third kappa shape index (κ3) is 8.13. The Morgan fingerprint density at radius 2 is 1.45 bits per heavy atom. The van der Waals surface area contributed by atoms with Crippen LogP contribution in [0.1, 0.15) is 66.5 Å². The van der Waals surface area contributed by atoms with Crippen LogP contribution in [0.2, 0.25) is 5.02 Å². The fraction of sp³-hybridized carbons (Fsp3) is 0.438. The van der Waals surface area contributed by atoms with Crippen LogP contribution >= 0.6 is 23.5 Å². The molecule has 15 nitrogen and oxygen atoms in total. The molecule has 17 heteroatoms. The third-order valence-corrected chi connectivity index (χ3v) is 7.61. The highest BCUT2D eigenvalue weighted by Gasteiger charge is 2.65. The summed E-state index contributed by atoms with van der Waals surface area (Å²) in [6, 6.07) is 13.7. The molecule has 2 aliphatic rings. The van der Waals surface area contributed by atoms with Crippen molar-refractivity contribution in [1.82, 2.24) is 19.9 Å². The molecule has 2 aromatic rings. The lowest BCUT2D eigenvalue weighted by Gasteiger charge is -2.35. The molecule has 5 amide bonds. The van der Waals surface area contributed by atoms with Crippen LogP contribution in [0.3, 0.4) is 0 Å². The molecule has 0 saturated carbocycles. The SMILES string of the molecule is CC(C)OC(=O)NN(SC1=NC2(C(=O)N(Cc3ccccc3)c3cc(Cl)ccc32)N(C(=O)OC(C)C)N1C(=O)OC(C)C)C(=O)OC(C)C. The normalized spacial score (nSPS) is 16.8. The van der Waals surface area contributed by atoms with Gasteiger partial charge in [-0.2, -0.15) is 10.0 Å².